The van der Waals surface area contributed by atoms with E-state index in [0.29, 0.717) is 13.2 Å². The Labute approximate surface area is 82.3 Å². The summed E-state index contributed by atoms with van der Waals surface area (Å²) in [5.74, 6) is -2.20. The number of Topliss-reactive ketones (excluding diaryl/α,β-unsaturated/α-hetero) is 1. The topological polar surface area (TPSA) is 61.8 Å². The van der Waals surface area contributed by atoms with Gasteiger partial charge in [0.15, 0.2) is 0 Å². The van der Waals surface area contributed by atoms with Crippen molar-refractivity contribution in [1.82, 2.24) is 0 Å². The Morgan fingerprint density at radius 1 is 1.36 bits per heavy atom. The normalized spacial score (nSPS) is 19.3. The van der Waals surface area contributed by atoms with E-state index < -0.39 is 17.5 Å². The predicted molar refractivity (Wildman–Crippen MR) is 46.6 cm³/mol. The molecule has 1 saturated heterocycles. The molecule has 0 aliphatic carbocycles. The molecule has 0 N–H and O–H groups in total. The Bertz CT molecular complexity index is 229. The molecule has 0 spiro atoms. The van der Waals surface area contributed by atoms with Crippen molar-refractivity contribution in [3.63, 3.8) is 0 Å². The molecule has 0 radical (unpaired) electrons. The van der Waals surface area contributed by atoms with Crippen LogP contribution >= 0.6 is 0 Å². The van der Waals surface area contributed by atoms with Gasteiger partial charge < -0.3 is 14.2 Å². The van der Waals surface area contributed by atoms with Gasteiger partial charge in [0, 0.05) is 0 Å². The van der Waals surface area contributed by atoms with Crippen LogP contribution < -0.4 is 0 Å². The minimum atomic E-state index is -1.26. The number of carbonyl (C=O) groups excluding carboxylic acids is 2. The Balaban J connectivity index is 2.45. The number of esters is 1. The molecule has 0 saturated carbocycles. The van der Waals surface area contributed by atoms with Gasteiger partial charge in [0.05, 0.1) is 19.8 Å². The van der Waals surface area contributed by atoms with Crippen LogP contribution in [0, 0.1) is 0 Å². The molecule has 1 aliphatic rings. The first-order valence-corrected chi connectivity index (χ1v) is 4.55. The Kier molecular flexibility index (Phi) is 3.60. The molecule has 1 rings (SSSR count). The number of hydrogen-bond acceptors (Lipinski definition) is 5. The van der Waals surface area contributed by atoms with E-state index in [4.69, 9.17) is 9.47 Å². The van der Waals surface area contributed by atoms with E-state index in [1.54, 1.807) is 6.92 Å². The maximum absolute atomic E-state index is 11.5. The van der Waals surface area contributed by atoms with Crippen molar-refractivity contribution in [3.8, 4) is 0 Å². The van der Waals surface area contributed by atoms with Crippen molar-refractivity contribution in [3.05, 3.63) is 0 Å². The summed E-state index contributed by atoms with van der Waals surface area (Å²) in [5.41, 5.74) is 0. The highest BCUT2D eigenvalue weighted by Crippen LogP contribution is 2.21. The molecule has 14 heavy (non-hydrogen) atoms. The Hall–Kier alpha value is -0.940. The molecule has 0 aromatic heterocycles. The molecule has 1 aliphatic heterocycles. The second-order valence-corrected chi connectivity index (χ2v) is 3.05. The summed E-state index contributed by atoms with van der Waals surface area (Å²) in [4.78, 5) is 22.5. The molecule has 1 heterocycles. The molecular formula is C9H14O5. The van der Waals surface area contributed by atoms with Crippen LogP contribution in [0.5, 0.6) is 0 Å². The Morgan fingerprint density at radius 3 is 2.43 bits per heavy atom. The zero-order chi connectivity index (χ0) is 10.6. The van der Waals surface area contributed by atoms with Crippen molar-refractivity contribution >= 4 is 11.8 Å². The average Bonchev–Trinajstić information content (AvgIpc) is 2.54. The van der Waals surface area contributed by atoms with E-state index >= 15 is 0 Å². The Morgan fingerprint density at radius 2 is 1.93 bits per heavy atom. The van der Waals surface area contributed by atoms with Gasteiger partial charge in [-0.15, -0.1) is 0 Å². The lowest BCUT2D eigenvalue weighted by Crippen LogP contribution is -2.37. The molecule has 0 aromatic carbocycles. The van der Waals surface area contributed by atoms with E-state index in [1.807, 2.05) is 0 Å². The lowest BCUT2D eigenvalue weighted by atomic mass is 10.1. The SMILES string of the molecule is CCOC(=O)CC(=O)C1(C)OCCO1. The van der Waals surface area contributed by atoms with Gasteiger partial charge in [0.1, 0.15) is 6.42 Å². The van der Waals surface area contributed by atoms with Crippen molar-refractivity contribution < 1.29 is 23.8 Å². The molecule has 5 nitrogen and oxygen atoms in total. The molecule has 5 heteroatoms. The van der Waals surface area contributed by atoms with Gasteiger partial charge in [-0.1, -0.05) is 0 Å². The van der Waals surface area contributed by atoms with Crippen LogP contribution in [0.3, 0.4) is 0 Å². The van der Waals surface area contributed by atoms with Crippen LogP contribution in [0.4, 0.5) is 0 Å². The van der Waals surface area contributed by atoms with Gasteiger partial charge >= 0.3 is 5.97 Å². The van der Waals surface area contributed by atoms with Crippen molar-refractivity contribution in [2.24, 2.45) is 0 Å². The molecule has 0 unspecified atom stereocenters. The number of carbonyl (C=O) groups is 2. The third kappa shape index (κ3) is 2.52. The largest absolute Gasteiger partial charge is 0.466 e. The van der Waals surface area contributed by atoms with E-state index in [2.05, 4.69) is 4.74 Å². The van der Waals surface area contributed by atoms with Crippen LogP contribution in [0.25, 0.3) is 0 Å². The molecule has 80 valence electrons. The highest BCUT2D eigenvalue weighted by atomic mass is 16.7. The standard InChI is InChI=1S/C9H14O5/c1-3-12-8(11)6-7(10)9(2)13-4-5-14-9/h3-6H2,1-2H3. The van der Waals surface area contributed by atoms with Crippen molar-refractivity contribution in [2.45, 2.75) is 26.1 Å². The molecule has 0 atom stereocenters. The predicted octanol–water partition coefficient (Wildman–Crippen LogP) is 0.272. The fourth-order valence-corrected chi connectivity index (χ4v) is 1.18. The fraction of sp³-hybridized carbons (Fsp3) is 0.778. The van der Waals surface area contributed by atoms with Crippen LogP contribution in [0.15, 0.2) is 0 Å². The second-order valence-electron chi connectivity index (χ2n) is 3.05. The molecule has 0 aromatic rings. The highest BCUT2D eigenvalue weighted by molar-refractivity contribution is 5.99. The minimum absolute atomic E-state index is 0.268. The number of ether oxygens (including phenoxy) is 3. The monoisotopic (exact) mass is 202 g/mol. The average molecular weight is 202 g/mol. The fourth-order valence-electron chi connectivity index (χ4n) is 1.18. The lowest BCUT2D eigenvalue weighted by Gasteiger charge is -2.19. The lowest BCUT2D eigenvalue weighted by molar-refractivity contribution is -0.176. The second kappa shape index (κ2) is 4.52. The third-order valence-electron chi connectivity index (χ3n) is 1.96. The molecule has 0 amide bonds. The van der Waals surface area contributed by atoms with Gasteiger partial charge in [-0.2, -0.15) is 0 Å². The van der Waals surface area contributed by atoms with E-state index in [9.17, 15) is 9.59 Å². The molecule has 1 fully saturated rings. The van der Waals surface area contributed by atoms with Crippen LogP contribution in [-0.4, -0.2) is 37.4 Å². The van der Waals surface area contributed by atoms with Gasteiger partial charge in [0.25, 0.3) is 0 Å². The number of rotatable bonds is 4. The van der Waals surface area contributed by atoms with Crippen LogP contribution in [0.2, 0.25) is 0 Å². The quantitative estimate of drug-likeness (QED) is 0.483. The summed E-state index contributed by atoms with van der Waals surface area (Å²) in [5, 5.41) is 0. The summed E-state index contributed by atoms with van der Waals surface area (Å²) in [7, 11) is 0. The van der Waals surface area contributed by atoms with Gasteiger partial charge in [-0.25, -0.2) is 0 Å². The summed E-state index contributed by atoms with van der Waals surface area (Å²) in [6.07, 6.45) is -0.301. The third-order valence-corrected chi connectivity index (χ3v) is 1.96. The number of hydrogen-bond donors (Lipinski definition) is 0. The zero-order valence-corrected chi connectivity index (χ0v) is 8.37. The van der Waals surface area contributed by atoms with E-state index in [1.165, 1.54) is 6.92 Å². The van der Waals surface area contributed by atoms with Crippen molar-refractivity contribution in [2.75, 3.05) is 19.8 Å². The van der Waals surface area contributed by atoms with Gasteiger partial charge in [0.2, 0.25) is 11.6 Å². The van der Waals surface area contributed by atoms with E-state index in [-0.39, 0.29) is 13.0 Å². The van der Waals surface area contributed by atoms with E-state index in [0.717, 1.165) is 0 Å². The first-order chi connectivity index (χ1) is 6.58. The zero-order valence-electron chi connectivity index (χ0n) is 8.37. The van der Waals surface area contributed by atoms with Crippen molar-refractivity contribution in [1.29, 1.82) is 0 Å². The van der Waals surface area contributed by atoms with Crippen LogP contribution in [-0.2, 0) is 23.8 Å². The first kappa shape index (κ1) is 11.1. The van der Waals surface area contributed by atoms with Gasteiger partial charge in [-0.05, 0) is 13.8 Å². The highest BCUT2D eigenvalue weighted by Gasteiger charge is 2.39. The summed E-state index contributed by atoms with van der Waals surface area (Å²) in [6, 6.07) is 0. The van der Waals surface area contributed by atoms with Crippen LogP contribution in [0.1, 0.15) is 20.3 Å². The maximum atomic E-state index is 11.5. The maximum Gasteiger partial charge on any atom is 0.313 e. The minimum Gasteiger partial charge on any atom is -0.466 e. The molecule has 0 bridgehead atoms. The summed E-state index contributed by atoms with van der Waals surface area (Å²) >= 11 is 0. The van der Waals surface area contributed by atoms with Gasteiger partial charge in [-0.3, -0.25) is 9.59 Å². The molecular weight excluding hydrogens is 188 g/mol. The smallest absolute Gasteiger partial charge is 0.313 e. The summed E-state index contributed by atoms with van der Waals surface area (Å²) < 4.78 is 14.8. The number of ketones is 1. The first-order valence-electron chi connectivity index (χ1n) is 4.55. The summed E-state index contributed by atoms with van der Waals surface area (Å²) in [6.45, 7) is 4.23.